The molecule has 1 amide bonds. The van der Waals surface area contributed by atoms with Crippen LogP contribution in [0.1, 0.15) is 41.2 Å². The first-order valence-corrected chi connectivity index (χ1v) is 8.71. The minimum atomic E-state index is -0.00284. The predicted octanol–water partition coefficient (Wildman–Crippen LogP) is 3.54. The largest absolute Gasteiger partial charge is 0.468 e. The van der Waals surface area contributed by atoms with Gasteiger partial charge in [-0.3, -0.25) is 9.69 Å². The van der Waals surface area contributed by atoms with Crippen LogP contribution < -0.4 is 5.32 Å². The molecule has 0 spiro atoms. The summed E-state index contributed by atoms with van der Waals surface area (Å²) in [5.74, 6) is 1.71. The SMILES string of the molecule is CC1CCN(C(CNC(=O)c2cccs2)c2ccco2)CC1. The number of piperidine rings is 1. The summed E-state index contributed by atoms with van der Waals surface area (Å²) in [6, 6.07) is 7.78. The maximum atomic E-state index is 12.2. The molecular weight excluding hydrogens is 296 g/mol. The molecule has 0 radical (unpaired) electrons. The molecule has 0 aromatic carbocycles. The first-order chi connectivity index (χ1) is 10.7. The number of thiophene rings is 1. The minimum Gasteiger partial charge on any atom is -0.468 e. The van der Waals surface area contributed by atoms with Gasteiger partial charge < -0.3 is 9.73 Å². The highest BCUT2D eigenvalue weighted by Crippen LogP contribution is 2.26. The maximum absolute atomic E-state index is 12.2. The van der Waals surface area contributed by atoms with Crippen molar-refractivity contribution in [2.75, 3.05) is 19.6 Å². The van der Waals surface area contributed by atoms with Gasteiger partial charge in [-0.05, 0) is 55.4 Å². The number of hydrogen-bond acceptors (Lipinski definition) is 4. The Morgan fingerprint density at radius 1 is 1.41 bits per heavy atom. The average Bonchev–Trinajstić information content (AvgIpc) is 3.22. The van der Waals surface area contributed by atoms with Gasteiger partial charge >= 0.3 is 0 Å². The van der Waals surface area contributed by atoms with E-state index < -0.39 is 0 Å². The van der Waals surface area contributed by atoms with Crippen LogP contribution in [0.4, 0.5) is 0 Å². The van der Waals surface area contributed by atoms with Crippen molar-refractivity contribution >= 4 is 17.2 Å². The number of carbonyl (C=O) groups is 1. The molecule has 0 bridgehead atoms. The molecule has 3 rings (SSSR count). The smallest absolute Gasteiger partial charge is 0.261 e. The van der Waals surface area contributed by atoms with Gasteiger partial charge in [0.15, 0.2) is 0 Å². The fourth-order valence-electron chi connectivity index (χ4n) is 2.91. The standard InChI is InChI=1S/C17H22N2O2S/c1-13-6-8-19(9-7-13)14(15-4-2-10-21-15)12-18-17(20)16-5-3-11-22-16/h2-5,10-11,13-14H,6-9,12H2,1H3,(H,18,20). The maximum Gasteiger partial charge on any atom is 0.261 e. The van der Waals surface area contributed by atoms with Crippen molar-refractivity contribution in [1.29, 1.82) is 0 Å². The number of furan rings is 1. The van der Waals surface area contributed by atoms with E-state index >= 15 is 0 Å². The Kier molecular flexibility index (Phi) is 4.95. The van der Waals surface area contributed by atoms with Crippen LogP contribution in [0.15, 0.2) is 40.3 Å². The van der Waals surface area contributed by atoms with Crippen molar-refractivity contribution in [2.45, 2.75) is 25.8 Å². The molecule has 1 atom stereocenters. The zero-order valence-corrected chi connectivity index (χ0v) is 13.6. The van der Waals surface area contributed by atoms with E-state index in [1.165, 1.54) is 24.2 Å². The lowest BCUT2D eigenvalue weighted by atomic mass is 9.97. The molecule has 3 heterocycles. The Hall–Kier alpha value is -1.59. The van der Waals surface area contributed by atoms with Gasteiger partial charge in [0.25, 0.3) is 5.91 Å². The summed E-state index contributed by atoms with van der Waals surface area (Å²) in [5.41, 5.74) is 0. The topological polar surface area (TPSA) is 45.5 Å². The molecule has 22 heavy (non-hydrogen) atoms. The highest BCUT2D eigenvalue weighted by molar-refractivity contribution is 7.12. The molecule has 118 valence electrons. The zero-order chi connectivity index (χ0) is 15.4. The van der Waals surface area contributed by atoms with Crippen LogP contribution in [-0.4, -0.2) is 30.4 Å². The van der Waals surface area contributed by atoms with E-state index in [0.29, 0.717) is 6.54 Å². The van der Waals surface area contributed by atoms with E-state index in [0.717, 1.165) is 29.6 Å². The quantitative estimate of drug-likeness (QED) is 0.917. The highest BCUT2D eigenvalue weighted by Gasteiger charge is 2.27. The molecule has 2 aromatic heterocycles. The van der Waals surface area contributed by atoms with E-state index in [9.17, 15) is 4.79 Å². The lowest BCUT2D eigenvalue weighted by molar-refractivity contribution is 0.0899. The second-order valence-electron chi connectivity index (χ2n) is 5.94. The summed E-state index contributed by atoms with van der Waals surface area (Å²) in [7, 11) is 0. The second-order valence-corrected chi connectivity index (χ2v) is 6.88. The first-order valence-electron chi connectivity index (χ1n) is 7.83. The summed E-state index contributed by atoms with van der Waals surface area (Å²) in [4.78, 5) is 15.3. The number of carbonyl (C=O) groups excluding carboxylic acids is 1. The Balaban J connectivity index is 1.65. The summed E-state index contributed by atoms with van der Waals surface area (Å²) >= 11 is 1.47. The predicted molar refractivity (Wildman–Crippen MR) is 88.1 cm³/mol. The van der Waals surface area contributed by atoms with E-state index in [1.807, 2.05) is 29.6 Å². The monoisotopic (exact) mass is 318 g/mol. The number of amides is 1. The normalized spacial score (nSPS) is 18.2. The van der Waals surface area contributed by atoms with Crippen molar-refractivity contribution in [3.63, 3.8) is 0 Å². The van der Waals surface area contributed by atoms with E-state index in [2.05, 4.69) is 17.1 Å². The molecule has 2 aromatic rings. The van der Waals surface area contributed by atoms with E-state index in [1.54, 1.807) is 6.26 Å². The lowest BCUT2D eigenvalue weighted by Gasteiger charge is -2.35. The third kappa shape index (κ3) is 3.59. The molecule has 1 N–H and O–H groups in total. The van der Waals surface area contributed by atoms with Crippen LogP contribution in [0.2, 0.25) is 0 Å². The van der Waals surface area contributed by atoms with Crippen LogP contribution in [0.3, 0.4) is 0 Å². The molecule has 1 unspecified atom stereocenters. The van der Waals surface area contributed by atoms with Crippen LogP contribution in [0, 0.1) is 5.92 Å². The van der Waals surface area contributed by atoms with E-state index in [4.69, 9.17) is 4.42 Å². The lowest BCUT2D eigenvalue weighted by Crippen LogP contribution is -2.41. The van der Waals surface area contributed by atoms with Crippen molar-refractivity contribution in [2.24, 2.45) is 5.92 Å². The molecule has 5 heteroatoms. The van der Waals surface area contributed by atoms with Gasteiger partial charge in [0.05, 0.1) is 17.2 Å². The van der Waals surface area contributed by atoms with Gasteiger partial charge in [0, 0.05) is 6.54 Å². The number of nitrogens with one attached hydrogen (secondary N) is 1. The zero-order valence-electron chi connectivity index (χ0n) is 12.8. The number of rotatable bonds is 5. The highest BCUT2D eigenvalue weighted by atomic mass is 32.1. The van der Waals surface area contributed by atoms with Crippen LogP contribution in [0.25, 0.3) is 0 Å². The van der Waals surface area contributed by atoms with Crippen molar-refractivity contribution in [1.82, 2.24) is 10.2 Å². The van der Waals surface area contributed by atoms with Gasteiger partial charge in [-0.25, -0.2) is 0 Å². The van der Waals surface area contributed by atoms with Gasteiger partial charge in [-0.1, -0.05) is 13.0 Å². The number of hydrogen-bond donors (Lipinski definition) is 1. The van der Waals surface area contributed by atoms with Gasteiger partial charge in [0.1, 0.15) is 5.76 Å². The van der Waals surface area contributed by atoms with Crippen molar-refractivity contribution in [3.05, 3.63) is 46.5 Å². The number of likely N-dealkylation sites (tertiary alicyclic amines) is 1. The van der Waals surface area contributed by atoms with Gasteiger partial charge in [0.2, 0.25) is 0 Å². The first kappa shape index (κ1) is 15.3. The van der Waals surface area contributed by atoms with Crippen LogP contribution in [-0.2, 0) is 0 Å². The Labute approximate surface area is 135 Å². The van der Waals surface area contributed by atoms with Gasteiger partial charge in [-0.15, -0.1) is 11.3 Å². The summed E-state index contributed by atoms with van der Waals surface area (Å²) in [6.45, 7) is 5.00. The fraction of sp³-hybridized carbons (Fsp3) is 0.471. The molecule has 1 saturated heterocycles. The summed E-state index contributed by atoms with van der Waals surface area (Å²) < 4.78 is 5.61. The fourth-order valence-corrected chi connectivity index (χ4v) is 3.56. The Morgan fingerprint density at radius 3 is 2.86 bits per heavy atom. The molecule has 0 aliphatic carbocycles. The Bertz CT molecular complexity index is 572. The molecule has 1 fully saturated rings. The molecule has 4 nitrogen and oxygen atoms in total. The second kappa shape index (κ2) is 7.11. The summed E-state index contributed by atoms with van der Waals surface area (Å²) in [6.07, 6.45) is 4.11. The van der Waals surface area contributed by atoms with Crippen LogP contribution >= 0.6 is 11.3 Å². The molecule has 1 aliphatic heterocycles. The van der Waals surface area contributed by atoms with Crippen molar-refractivity contribution < 1.29 is 9.21 Å². The third-order valence-corrected chi connectivity index (χ3v) is 5.20. The van der Waals surface area contributed by atoms with Crippen LogP contribution in [0.5, 0.6) is 0 Å². The van der Waals surface area contributed by atoms with E-state index in [-0.39, 0.29) is 11.9 Å². The minimum absolute atomic E-state index is 0.00284. The average molecular weight is 318 g/mol. The molecule has 1 aliphatic rings. The number of nitrogens with zero attached hydrogens (tertiary/aromatic N) is 1. The third-order valence-electron chi connectivity index (χ3n) is 4.33. The van der Waals surface area contributed by atoms with Crippen molar-refractivity contribution in [3.8, 4) is 0 Å². The Morgan fingerprint density at radius 2 is 2.23 bits per heavy atom. The summed E-state index contributed by atoms with van der Waals surface area (Å²) in [5, 5.41) is 4.97. The molecule has 0 saturated carbocycles. The van der Waals surface area contributed by atoms with Gasteiger partial charge in [-0.2, -0.15) is 0 Å². The molecular formula is C17H22N2O2S.